The van der Waals surface area contributed by atoms with E-state index in [0.29, 0.717) is 12.0 Å². The van der Waals surface area contributed by atoms with E-state index < -0.39 is 6.10 Å². The largest absolute Gasteiger partial charge is 0.393 e. The molecule has 3 nitrogen and oxygen atoms in total. The number of nitrogens with one attached hydrogen (secondary N) is 1. The van der Waals surface area contributed by atoms with Crippen molar-refractivity contribution in [2.75, 3.05) is 0 Å². The molecular formula is C12H17NO2. The summed E-state index contributed by atoms with van der Waals surface area (Å²) in [4.78, 5) is 11.6. The van der Waals surface area contributed by atoms with Crippen molar-refractivity contribution in [2.24, 2.45) is 0 Å². The Morgan fingerprint density at radius 3 is 2.47 bits per heavy atom. The van der Waals surface area contributed by atoms with Gasteiger partial charge in [0, 0.05) is 11.6 Å². The van der Waals surface area contributed by atoms with Gasteiger partial charge >= 0.3 is 0 Å². The van der Waals surface area contributed by atoms with E-state index >= 15 is 0 Å². The summed E-state index contributed by atoms with van der Waals surface area (Å²) in [6, 6.07) is 9.05. The molecule has 1 aromatic rings. The average molecular weight is 207 g/mol. The molecule has 3 heteroatoms. The molecule has 0 heterocycles. The fraction of sp³-hybridized carbons (Fsp3) is 0.417. The van der Waals surface area contributed by atoms with Crippen LogP contribution in [-0.4, -0.2) is 23.2 Å². The molecule has 2 atom stereocenters. The Morgan fingerprint density at radius 1 is 1.33 bits per heavy atom. The minimum absolute atomic E-state index is 0.0160. The van der Waals surface area contributed by atoms with Crippen molar-refractivity contribution in [1.29, 1.82) is 0 Å². The van der Waals surface area contributed by atoms with Crippen LogP contribution in [0.1, 0.15) is 30.6 Å². The van der Waals surface area contributed by atoms with Gasteiger partial charge in [-0.25, -0.2) is 0 Å². The van der Waals surface area contributed by atoms with Gasteiger partial charge in [-0.15, -0.1) is 0 Å². The second kappa shape index (κ2) is 5.51. The molecule has 0 saturated carbocycles. The molecule has 0 aliphatic rings. The lowest BCUT2D eigenvalue weighted by atomic mass is 10.1. The molecule has 0 fully saturated rings. The number of amides is 1. The monoisotopic (exact) mass is 207 g/mol. The highest BCUT2D eigenvalue weighted by Crippen LogP contribution is 2.01. The molecule has 1 amide bonds. The Balaban J connectivity index is 2.49. The minimum Gasteiger partial charge on any atom is -0.393 e. The van der Waals surface area contributed by atoms with E-state index in [-0.39, 0.29) is 11.9 Å². The van der Waals surface area contributed by atoms with Crippen LogP contribution < -0.4 is 5.32 Å². The van der Waals surface area contributed by atoms with Crippen LogP contribution in [0.4, 0.5) is 0 Å². The third kappa shape index (κ3) is 4.13. The van der Waals surface area contributed by atoms with Crippen LogP contribution in [0.3, 0.4) is 0 Å². The molecule has 0 spiro atoms. The average Bonchev–Trinajstić information content (AvgIpc) is 2.17. The number of benzene rings is 1. The molecule has 2 unspecified atom stereocenters. The highest BCUT2D eigenvalue weighted by atomic mass is 16.3. The normalized spacial score (nSPS) is 14.3. The van der Waals surface area contributed by atoms with Crippen LogP contribution >= 0.6 is 0 Å². The first-order valence-electron chi connectivity index (χ1n) is 5.13. The van der Waals surface area contributed by atoms with Gasteiger partial charge in [-0.3, -0.25) is 4.79 Å². The quantitative estimate of drug-likeness (QED) is 0.787. The van der Waals surface area contributed by atoms with Crippen LogP contribution in [0, 0.1) is 0 Å². The van der Waals surface area contributed by atoms with Crippen molar-refractivity contribution in [1.82, 2.24) is 5.32 Å². The van der Waals surface area contributed by atoms with E-state index in [1.807, 2.05) is 25.1 Å². The van der Waals surface area contributed by atoms with Crippen LogP contribution in [0.25, 0.3) is 0 Å². The maximum Gasteiger partial charge on any atom is 0.251 e. The molecule has 0 saturated heterocycles. The van der Waals surface area contributed by atoms with Gasteiger partial charge in [0.25, 0.3) is 5.91 Å². The Hall–Kier alpha value is -1.35. The van der Waals surface area contributed by atoms with Crippen molar-refractivity contribution in [3.05, 3.63) is 35.9 Å². The summed E-state index contributed by atoms with van der Waals surface area (Å²) in [5, 5.41) is 12.0. The van der Waals surface area contributed by atoms with Crippen molar-refractivity contribution < 1.29 is 9.90 Å². The lowest BCUT2D eigenvalue weighted by molar-refractivity contribution is 0.0923. The summed E-state index contributed by atoms with van der Waals surface area (Å²) >= 11 is 0. The lowest BCUT2D eigenvalue weighted by Gasteiger charge is -2.15. The van der Waals surface area contributed by atoms with Crippen molar-refractivity contribution >= 4 is 5.91 Å². The van der Waals surface area contributed by atoms with E-state index in [0.717, 1.165) is 0 Å². The SMILES string of the molecule is CC(O)CC(C)NC(=O)c1ccccc1. The van der Waals surface area contributed by atoms with Gasteiger partial charge in [0.05, 0.1) is 6.10 Å². The molecule has 0 aromatic heterocycles. The Morgan fingerprint density at radius 2 is 1.93 bits per heavy atom. The van der Waals surface area contributed by atoms with E-state index in [2.05, 4.69) is 5.32 Å². The number of hydrogen-bond acceptors (Lipinski definition) is 2. The van der Waals surface area contributed by atoms with Gasteiger partial charge in [-0.05, 0) is 32.4 Å². The highest BCUT2D eigenvalue weighted by molar-refractivity contribution is 5.94. The maximum atomic E-state index is 11.6. The fourth-order valence-electron chi connectivity index (χ4n) is 1.47. The van der Waals surface area contributed by atoms with E-state index in [9.17, 15) is 4.79 Å². The molecular weight excluding hydrogens is 190 g/mol. The Bertz CT molecular complexity index is 309. The summed E-state index contributed by atoms with van der Waals surface area (Å²) in [6.45, 7) is 3.60. The molecule has 0 aliphatic carbocycles. The standard InChI is InChI=1S/C12H17NO2/c1-9(8-10(2)14)13-12(15)11-6-4-3-5-7-11/h3-7,9-10,14H,8H2,1-2H3,(H,13,15). The molecule has 0 radical (unpaired) electrons. The van der Waals surface area contributed by atoms with Crippen molar-refractivity contribution in [3.63, 3.8) is 0 Å². The first-order chi connectivity index (χ1) is 7.09. The second-order valence-corrected chi connectivity index (χ2v) is 3.83. The van der Waals surface area contributed by atoms with Gasteiger partial charge in [0.1, 0.15) is 0 Å². The predicted molar refractivity (Wildman–Crippen MR) is 59.7 cm³/mol. The highest BCUT2D eigenvalue weighted by Gasteiger charge is 2.10. The number of aliphatic hydroxyl groups excluding tert-OH is 1. The topological polar surface area (TPSA) is 49.3 Å². The molecule has 0 bridgehead atoms. The summed E-state index contributed by atoms with van der Waals surface area (Å²) in [5.74, 6) is -0.0937. The van der Waals surface area contributed by atoms with Crippen LogP contribution in [0.2, 0.25) is 0 Å². The molecule has 82 valence electrons. The van der Waals surface area contributed by atoms with Gasteiger partial charge in [0.15, 0.2) is 0 Å². The van der Waals surface area contributed by atoms with Crippen LogP contribution in [0.15, 0.2) is 30.3 Å². The van der Waals surface area contributed by atoms with Gasteiger partial charge in [-0.1, -0.05) is 18.2 Å². The smallest absolute Gasteiger partial charge is 0.251 e. The number of carbonyl (C=O) groups is 1. The van der Waals surface area contributed by atoms with Crippen molar-refractivity contribution in [3.8, 4) is 0 Å². The van der Waals surface area contributed by atoms with E-state index in [1.165, 1.54) is 0 Å². The Labute approximate surface area is 90.1 Å². The molecule has 1 aromatic carbocycles. The van der Waals surface area contributed by atoms with Gasteiger partial charge in [-0.2, -0.15) is 0 Å². The molecule has 2 N–H and O–H groups in total. The Kier molecular flexibility index (Phi) is 4.31. The van der Waals surface area contributed by atoms with E-state index in [1.54, 1.807) is 19.1 Å². The zero-order valence-electron chi connectivity index (χ0n) is 9.10. The first-order valence-corrected chi connectivity index (χ1v) is 5.13. The predicted octanol–water partition coefficient (Wildman–Crippen LogP) is 1.58. The molecule has 1 rings (SSSR count). The van der Waals surface area contributed by atoms with Gasteiger partial charge in [0.2, 0.25) is 0 Å². The van der Waals surface area contributed by atoms with Crippen LogP contribution in [-0.2, 0) is 0 Å². The number of carbonyl (C=O) groups excluding carboxylic acids is 1. The third-order valence-corrected chi connectivity index (χ3v) is 2.11. The number of rotatable bonds is 4. The number of aliphatic hydroxyl groups is 1. The lowest BCUT2D eigenvalue weighted by Crippen LogP contribution is -2.34. The van der Waals surface area contributed by atoms with Crippen molar-refractivity contribution in [2.45, 2.75) is 32.4 Å². The third-order valence-electron chi connectivity index (χ3n) is 2.11. The first kappa shape index (κ1) is 11.7. The molecule has 0 aliphatic heterocycles. The summed E-state index contributed by atoms with van der Waals surface area (Å²) in [6.07, 6.45) is 0.176. The summed E-state index contributed by atoms with van der Waals surface area (Å²) in [5.41, 5.74) is 0.648. The molecule has 15 heavy (non-hydrogen) atoms. The second-order valence-electron chi connectivity index (χ2n) is 3.83. The fourth-order valence-corrected chi connectivity index (χ4v) is 1.47. The zero-order chi connectivity index (χ0) is 11.3. The summed E-state index contributed by atoms with van der Waals surface area (Å²) in [7, 11) is 0. The summed E-state index contributed by atoms with van der Waals surface area (Å²) < 4.78 is 0. The van der Waals surface area contributed by atoms with Gasteiger partial charge < -0.3 is 10.4 Å². The van der Waals surface area contributed by atoms with Crippen LogP contribution in [0.5, 0.6) is 0 Å². The number of hydrogen-bond donors (Lipinski definition) is 2. The minimum atomic E-state index is -0.393. The zero-order valence-corrected chi connectivity index (χ0v) is 9.10. The maximum absolute atomic E-state index is 11.6. The van der Waals surface area contributed by atoms with E-state index in [4.69, 9.17) is 5.11 Å².